The lowest BCUT2D eigenvalue weighted by Crippen LogP contribution is -1.91. The Balaban J connectivity index is 3.79. The topological polar surface area (TPSA) is 26.0 Å². The van der Waals surface area contributed by atoms with Crippen molar-refractivity contribution in [2.24, 2.45) is 5.73 Å². The Hall–Kier alpha value is -0.370. The van der Waals surface area contributed by atoms with Gasteiger partial charge in [-0.15, -0.1) is 11.8 Å². The quantitative estimate of drug-likeness (QED) is 0.617. The first kappa shape index (κ1) is 7.63. The molecule has 2 N–H and O–H groups in total. The van der Waals surface area contributed by atoms with Gasteiger partial charge in [0, 0.05) is 10.6 Å². The van der Waals surface area contributed by atoms with Gasteiger partial charge in [0.15, 0.2) is 0 Å². The number of hydrogen-bond donors (Lipinski definition) is 1. The van der Waals surface area contributed by atoms with Gasteiger partial charge in [-0.25, -0.2) is 0 Å². The molecule has 46 valence electrons. The first-order valence-electron chi connectivity index (χ1n) is 2.39. The summed E-state index contributed by atoms with van der Waals surface area (Å²) in [6.45, 7) is 7.41. The Morgan fingerprint density at radius 1 is 1.62 bits per heavy atom. The number of allylic oxidation sites excluding steroid dienone is 2. The third-order valence-electron chi connectivity index (χ3n) is 0.815. The Kier molecular flexibility index (Phi) is 3.44. The van der Waals surface area contributed by atoms with Crippen LogP contribution in [-0.2, 0) is 0 Å². The van der Waals surface area contributed by atoms with Crippen molar-refractivity contribution in [1.29, 1.82) is 0 Å². The Labute approximate surface area is 54.6 Å². The van der Waals surface area contributed by atoms with Crippen LogP contribution >= 0.6 is 11.8 Å². The highest BCUT2D eigenvalue weighted by Gasteiger charge is 1.86. The molecule has 0 fully saturated rings. The van der Waals surface area contributed by atoms with Crippen molar-refractivity contribution in [1.82, 2.24) is 0 Å². The van der Waals surface area contributed by atoms with E-state index in [2.05, 4.69) is 6.58 Å². The first-order valence-corrected chi connectivity index (χ1v) is 3.27. The number of thioether (sulfide) groups is 1. The highest BCUT2D eigenvalue weighted by Crippen LogP contribution is 2.15. The molecule has 0 spiro atoms. The van der Waals surface area contributed by atoms with Gasteiger partial charge in [-0.3, -0.25) is 0 Å². The molecule has 1 nitrogen and oxygen atoms in total. The Bertz CT molecular complexity index is 112. The minimum Gasteiger partial charge on any atom is -0.402 e. The van der Waals surface area contributed by atoms with Gasteiger partial charge in [-0.05, 0) is 19.3 Å². The maximum Gasteiger partial charge on any atom is 0.0146 e. The van der Waals surface area contributed by atoms with Gasteiger partial charge >= 0.3 is 0 Å². The van der Waals surface area contributed by atoms with E-state index in [4.69, 9.17) is 5.73 Å². The highest BCUT2D eigenvalue weighted by atomic mass is 32.2. The molecule has 0 aliphatic heterocycles. The van der Waals surface area contributed by atoms with Gasteiger partial charge in [0.2, 0.25) is 0 Å². The molecule has 8 heavy (non-hydrogen) atoms. The summed E-state index contributed by atoms with van der Waals surface area (Å²) in [6, 6.07) is 0. The summed E-state index contributed by atoms with van der Waals surface area (Å²) in [5.41, 5.74) is 6.30. The number of hydrogen-bond acceptors (Lipinski definition) is 2. The zero-order valence-electron chi connectivity index (χ0n) is 5.27. The van der Waals surface area contributed by atoms with Crippen molar-refractivity contribution in [2.45, 2.75) is 13.8 Å². The molecule has 2 heteroatoms. The molecule has 0 aliphatic rings. The first-order chi connectivity index (χ1) is 3.68. The molecule has 0 saturated carbocycles. The lowest BCUT2D eigenvalue weighted by atomic mass is 10.5. The fraction of sp³-hybridized carbons (Fsp3) is 0.333. The van der Waals surface area contributed by atoms with Crippen LogP contribution in [0.4, 0.5) is 0 Å². The van der Waals surface area contributed by atoms with E-state index in [0.717, 1.165) is 10.6 Å². The van der Waals surface area contributed by atoms with Crippen LogP contribution in [0.3, 0.4) is 0 Å². The summed E-state index contributed by atoms with van der Waals surface area (Å²) in [7, 11) is 0. The molecule has 0 bridgehead atoms. The molecule has 0 aromatic heterocycles. The lowest BCUT2D eigenvalue weighted by Gasteiger charge is -1.95. The van der Waals surface area contributed by atoms with Gasteiger partial charge in [-0.1, -0.05) is 6.58 Å². The molecular formula is C6H11NS. The zero-order chi connectivity index (χ0) is 6.57. The van der Waals surface area contributed by atoms with Crippen LogP contribution in [0.2, 0.25) is 0 Å². The van der Waals surface area contributed by atoms with Crippen LogP contribution < -0.4 is 5.73 Å². The van der Waals surface area contributed by atoms with E-state index in [1.54, 1.807) is 17.2 Å². The van der Waals surface area contributed by atoms with Gasteiger partial charge in [0.25, 0.3) is 0 Å². The van der Waals surface area contributed by atoms with Crippen molar-refractivity contribution < 1.29 is 0 Å². The zero-order valence-corrected chi connectivity index (χ0v) is 6.09. The predicted molar refractivity (Wildman–Crippen MR) is 40.3 cm³/mol. The van der Waals surface area contributed by atoms with E-state index >= 15 is 0 Å². The average Bonchev–Trinajstić information content (AvgIpc) is 1.67. The lowest BCUT2D eigenvalue weighted by molar-refractivity contribution is 1.28. The minimum absolute atomic E-state index is 0.870. The Morgan fingerprint density at radius 3 is 2.25 bits per heavy atom. The molecule has 0 atom stereocenters. The normalized spacial score (nSPS) is 12.8. The van der Waals surface area contributed by atoms with Crippen molar-refractivity contribution in [3.63, 3.8) is 0 Å². The fourth-order valence-corrected chi connectivity index (χ4v) is 0.654. The third-order valence-corrected chi connectivity index (χ3v) is 1.66. The standard InChI is InChI=1S/C6H11NS/c1-4-8-6(3)5(2)7/h4H,1,7H2,2-3H3. The van der Waals surface area contributed by atoms with Crippen LogP contribution in [0.25, 0.3) is 0 Å². The summed E-state index contributed by atoms with van der Waals surface area (Å²) in [5, 5.41) is 1.77. The SMILES string of the molecule is C=CSC(C)=C(C)N. The molecule has 0 heterocycles. The van der Waals surface area contributed by atoms with E-state index in [0.29, 0.717) is 0 Å². The van der Waals surface area contributed by atoms with E-state index in [1.165, 1.54) is 0 Å². The maximum absolute atomic E-state index is 5.43. The van der Waals surface area contributed by atoms with Crippen LogP contribution in [0.15, 0.2) is 22.6 Å². The van der Waals surface area contributed by atoms with Crippen molar-refractivity contribution in [2.75, 3.05) is 0 Å². The Morgan fingerprint density at radius 2 is 2.12 bits per heavy atom. The largest absolute Gasteiger partial charge is 0.402 e. The molecule has 0 unspecified atom stereocenters. The van der Waals surface area contributed by atoms with Crippen LogP contribution in [-0.4, -0.2) is 0 Å². The average molecular weight is 129 g/mol. The van der Waals surface area contributed by atoms with Crippen molar-refractivity contribution >= 4 is 11.8 Å². The van der Waals surface area contributed by atoms with Gasteiger partial charge in [0.1, 0.15) is 0 Å². The summed E-state index contributed by atoms with van der Waals surface area (Å²) in [5.74, 6) is 0. The third kappa shape index (κ3) is 2.75. The van der Waals surface area contributed by atoms with Crippen molar-refractivity contribution in [3.05, 3.63) is 22.6 Å². The molecular weight excluding hydrogens is 118 g/mol. The van der Waals surface area contributed by atoms with E-state index < -0.39 is 0 Å². The second-order valence-corrected chi connectivity index (χ2v) is 2.71. The summed E-state index contributed by atoms with van der Waals surface area (Å²) in [6.07, 6.45) is 0. The molecule has 0 aromatic rings. The maximum atomic E-state index is 5.43. The second kappa shape index (κ2) is 3.61. The summed E-state index contributed by atoms with van der Waals surface area (Å²) < 4.78 is 0. The summed E-state index contributed by atoms with van der Waals surface area (Å²) in [4.78, 5) is 1.13. The van der Waals surface area contributed by atoms with Gasteiger partial charge < -0.3 is 5.73 Å². The van der Waals surface area contributed by atoms with E-state index in [9.17, 15) is 0 Å². The van der Waals surface area contributed by atoms with Crippen LogP contribution in [0, 0.1) is 0 Å². The minimum atomic E-state index is 0.870. The molecule has 0 rings (SSSR count). The highest BCUT2D eigenvalue weighted by molar-refractivity contribution is 8.05. The molecule has 0 aromatic carbocycles. The van der Waals surface area contributed by atoms with E-state index in [-0.39, 0.29) is 0 Å². The van der Waals surface area contributed by atoms with Gasteiger partial charge in [0.05, 0.1) is 0 Å². The predicted octanol–water partition coefficient (Wildman–Crippen LogP) is 2.07. The molecule has 0 amide bonds. The van der Waals surface area contributed by atoms with Crippen LogP contribution in [0.5, 0.6) is 0 Å². The smallest absolute Gasteiger partial charge is 0.0146 e. The summed E-state index contributed by atoms with van der Waals surface area (Å²) >= 11 is 1.56. The molecule has 0 aliphatic carbocycles. The number of nitrogens with two attached hydrogens (primary N) is 1. The second-order valence-electron chi connectivity index (χ2n) is 1.52. The number of rotatable bonds is 2. The fourth-order valence-electron chi connectivity index (χ4n) is 0.218. The van der Waals surface area contributed by atoms with Gasteiger partial charge in [-0.2, -0.15) is 0 Å². The monoisotopic (exact) mass is 129 g/mol. The molecule has 0 saturated heterocycles. The van der Waals surface area contributed by atoms with Crippen molar-refractivity contribution in [3.8, 4) is 0 Å². The molecule has 0 radical (unpaired) electrons. The van der Waals surface area contributed by atoms with E-state index in [1.807, 2.05) is 13.8 Å². The van der Waals surface area contributed by atoms with Crippen LogP contribution in [0.1, 0.15) is 13.8 Å².